The molecule has 33 heavy (non-hydrogen) atoms. The van der Waals surface area contributed by atoms with Crippen LogP contribution in [0.5, 0.6) is 0 Å². The van der Waals surface area contributed by atoms with Gasteiger partial charge in [-0.1, -0.05) is 36.4 Å². The third kappa shape index (κ3) is 4.19. The minimum atomic E-state index is -0.440. The van der Waals surface area contributed by atoms with Crippen molar-refractivity contribution in [2.45, 2.75) is 32.2 Å². The predicted octanol–water partition coefficient (Wildman–Crippen LogP) is 3.91. The second kappa shape index (κ2) is 9.03. The van der Waals surface area contributed by atoms with Gasteiger partial charge in [-0.05, 0) is 62.5 Å². The number of anilines is 1. The Balaban J connectivity index is 1.58. The van der Waals surface area contributed by atoms with E-state index < -0.39 is 5.91 Å². The fourth-order valence-electron chi connectivity index (χ4n) is 4.69. The topological polar surface area (TPSA) is 97.9 Å². The summed E-state index contributed by atoms with van der Waals surface area (Å²) in [6.07, 6.45) is 4.10. The zero-order valence-electron chi connectivity index (χ0n) is 18.7. The van der Waals surface area contributed by atoms with Gasteiger partial charge in [0.2, 0.25) is 11.9 Å². The van der Waals surface area contributed by atoms with Crippen molar-refractivity contribution >= 4 is 22.6 Å². The molecule has 0 spiro atoms. The van der Waals surface area contributed by atoms with E-state index in [1.807, 2.05) is 54.1 Å². The van der Waals surface area contributed by atoms with Gasteiger partial charge in [-0.3, -0.25) is 9.36 Å². The number of hydrogen-bond donors (Lipinski definition) is 3. The van der Waals surface area contributed by atoms with Gasteiger partial charge in [0.15, 0.2) is 0 Å². The van der Waals surface area contributed by atoms with Crippen molar-refractivity contribution in [3.05, 3.63) is 83.2 Å². The first-order valence-corrected chi connectivity index (χ1v) is 11.4. The summed E-state index contributed by atoms with van der Waals surface area (Å²) in [5.41, 5.74) is 10.3. The number of carbonyl (C=O) groups is 1. The number of nitrogens with two attached hydrogens (primary N) is 1. The number of piperidine rings is 1. The van der Waals surface area contributed by atoms with Gasteiger partial charge in [0.05, 0.1) is 5.52 Å². The van der Waals surface area contributed by atoms with Crippen molar-refractivity contribution in [3.8, 4) is 5.95 Å². The van der Waals surface area contributed by atoms with Gasteiger partial charge in [0.25, 0.3) is 0 Å². The summed E-state index contributed by atoms with van der Waals surface area (Å²) in [4.78, 5) is 21.7. The molecule has 2 aromatic carbocycles. The molecule has 4 N–H and O–H groups in total. The third-order valence-electron chi connectivity index (χ3n) is 6.38. The highest BCUT2D eigenvalue weighted by atomic mass is 16.1. The SMILES string of the molecule is Cc1cc2c(C(N)=O)cccc2n1-c1ncc(C2CCNCC2)c(NCc2ccccc2)n1. The first kappa shape index (κ1) is 21.2. The zero-order valence-corrected chi connectivity index (χ0v) is 18.7. The minimum Gasteiger partial charge on any atom is -0.366 e. The summed E-state index contributed by atoms with van der Waals surface area (Å²) >= 11 is 0. The van der Waals surface area contributed by atoms with Crippen LogP contribution in [0.25, 0.3) is 16.9 Å². The summed E-state index contributed by atoms with van der Waals surface area (Å²) < 4.78 is 1.99. The molecule has 1 amide bonds. The number of primary amides is 1. The second-order valence-electron chi connectivity index (χ2n) is 8.56. The number of nitrogens with one attached hydrogen (secondary N) is 2. The van der Waals surface area contributed by atoms with Crippen LogP contribution in [0.1, 0.15) is 45.9 Å². The van der Waals surface area contributed by atoms with E-state index in [1.165, 1.54) is 5.56 Å². The first-order valence-electron chi connectivity index (χ1n) is 11.4. The fraction of sp³-hybridized carbons (Fsp3) is 0.269. The van der Waals surface area contributed by atoms with E-state index >= 15 is 0 Å². The van der Waals surface area contributed by atoms with Crippen LogP contribution in [0.3, 0.4) is 0 Å². The fourth-order valence-corrected chi connectivity index (χ4v) is 4.69. The molecule has 1 aliphatic rings. The Bertz CT molecular complexity index is 1290. The number of fused-ring (bicyclic) bond motifs is 1. The van der Waals surface area contributed by atoms with E-state index in [9.17, 15) is 4.79 Å². The third-order valence-corrected chi connectivity index (χ3v) is 6.38. The molecule has 0 aliphatic carbocycles. The van der Waals surface area contributed by atoms with Crippen molar-refractivity contribution in [3.63, 3.8) is 0 Å². The number of carbonyl (C=O) groups excluding carboxylic acids is 1. The molecule has 7 heteroatoms. The van der Waals surface area contributed by atoms with Crippen LogP contribution < -0.4 is 16.4 Å². The number of nitrogens with zero attached hydrogens (tertiary/aromatic N) is 3. The van der Waals surface area contributed by atoms with Crippen molar-refractivity contribution < 1.29 is 4.79 Å². The highest BCUT2D eigenvalue weighted by Crippen LogP contribution is 2.32. The number of aryl methyl sites for hydroxylation is 1. The Labute approximate surface area is 193 Å². The van der Waals surface area contributed by atoms with Crippen LogP contribution in [0.15, 0.2) is 60.8 Å². The smallest absolute Gasteiger partial charge is 0.249 e. The maximum atomic E-state index is 11.9. The lowest BCUT2D eigenvalue weighted by Gasteiger charge is -2.25. The second-order valence-corrected chi connectivity index (χ2v) is 8.56. The highest BCUT2D eigenvalue weighted by molar-refractivity contribution is 6.06. The average molecular weight is 441 g/mol. The molecule has 2 aromatic heterocycles. The van der Waals surface area contributed by atoms with Crippen LogP contribution >= 0.6 is 0 Å². The largest absolute Gasteiger partial charge is 0.366 e. The lowest BCUT2D eigenvalue weighted by Crippen LogP contribution is -2.27. The standard InChI is InChI=1S/C26H28N6O/c1-17-14-21-20(24(27)33)8-5-9-23(21)32(17)26-30-16-22(19-10-12-28-13-11-19)25(31-26)29-15-18-6-3-2-4-7-18/h2-9,14,16,19,28H,10-13,15H2,1H3,(H2,27,33)(H,29,30,31). The molecule has 0 atom stereocenters. The minimum absolute atomic E-state index is 0.419. The lowest BCUT2D eigenvalue weighted by atomic mass is 9.91. The molecule has 168 valence electrons. The molecule has 5 rings (SSSR count). The Morgan fingerprint density at radius 2 is 1.94 bits per heavy atom. The molecular formula is C26H28N6O. The van der Waals surface area contributed by atoms with E-state index in [4.69, 9.17) is 15.7 Å². The van der Waals surface area contributed by atoms with Gasteiger partial charge >= 0.3 is 0 Å². The van der Waals surface area contributed by atoms with Gasteiger partial charge in [0, 0.05) is 34.9 Å². The predicted molar refractivity (Wildman–Crippen MR) is 131 cm³/mol. The maximum absolute atomic E-state index is 11.9. The summed E-state index contributed by atoms with van der Waals surface area (Å²) in [5.74, 6) is 1.42. The van der Waals surface area contributed by atoms with E-state index in [2.05, 4.69) is 22.8 Å². The van der Waals surface area contributed by atoms with Crippen molar-refractivity contribution in [1.29, 1.82) is 0 Å². The summed E-state index contributed by atoms with van der Waals surface area (Å²) in [7, 11) is 0. The van der Waals surface area contributed by atoms with Gasteiger partial charge in [0.1, 0.15) is 5.82 Å². The zero-order chi connectivity index (χ0) is 22.8. The molecule has 4 aromatic rings. The monoisotopic (exact) mass is 440 g/mol. The molecule has 0 bridgehead atoms. The Kier molecular flexibility index (Phi) is 5.79. The van der Waals surface area contributed by atoms with Crippen LogP contribution in [0.4, 0.5) is 5.82 Å². The van der Waals surface area contributed by atoms with Crippen LogP contribution in [0.2, 0.25) is 0 Å². The average Bonchev–Trinajstić information content (AvgIpc) is 3.19. The number of hydrogen-bond acceptors (Lipinski definition) is 5. The summed E-state index contributed by atoms with van der Waals surface area (Å²) in [6, 6.07) is 17.9. The maximum Gasteiger partial charge on any atom is 0.249 e. The number of amides is 1. The number of aromatic nitrogens is 3. The quantitative estimate of drug-likeness (QED) is 0.422. The number of rotatable bonds is 6. The van der Waals surface area contributed by atoms with Crippen LogP contribution in [-0.4, -0.2) is 33.5 Å². The molecule has 1 aliphatic heterocycles. The first-order chi connectivity index (χ1) is 16.1. The van der Waals surface area contributed by atoms with Crippen molar-refractivity contribution in [2.24, 2.45) is 5.73 Å². The normalized spacial score (nSPS) is 14.5. The molecule has 0 radical (unpaired) electrons. The van der Waals surface area contributed by atoms with Crippen molar-refractivity contribution in [1.82, 2.24) is 19.9 Å². The van der Waals surface area contributed by atoms with Gasteiger partial charge in [-0.2, -0.15) is 4.98 Å². The molecule has 7 nitrogen and oxygen atoms in total. The number of benzene rings is 2. The van der Waals surface area contributed by atoms with Crippen molar-refractivity contribution in [2.75, 3.05) is 18.4 Å². The molecule has 0 saturated carbocycles. The Hall–Kier alpha value is -3.71. The molecular weight excluding hydrogens is 412 g/mol. The van der Waals surface area contributed by atoms with E-state index in [1.54, 1.807) is 6.07 Å². The molecule has 1 saturated heterocycles. The van der Waals surface area contributed by atoms with E-state index in [0.717, 1.165) is 53.9 Å². The van der Waals surface area contributed by atoms with Gasteiger partial charge in [-0.25, -0.2) is 4.98 Å². The van der Waals surface area contributed by atoms with Crippen LogP contribution in [0, 0.1) is 6.92 Å². The lowest BCUT2D eigenvalue weighted by molar-refractivity contribution is 0.100. The molecule has 1 fully saturated rings. The molecule has 3 heterocycles. The summed E-state index contributed by atoms with van der Waals surface area (Å²) in [5, 5.41) is 7.81. The summed E-state index contributed by atoms with van der Waals surface area (Å²) in [6.45, 7) is 4.68. The van der Waals surface area contributed by atoms with Gasteiger partial charge in [-0.15, -0.1) is 0 Å². The highest BCUT2D eigenvalue weighted by Gasteiger charge is 2.22. The molecule has 0 unspecified atom stereocenters. The van der Waals surface area contributed by atoms with Gasteiger partial charge < -0.3 is 16.4 Å². The Morgan fingerprint density at radius 1 is 1.15 bits per heavy atom. The van der Waals surface area contributed by atoms with E-state index in [0.29, 0.717) is 24.0 Å². The Morgan fingerprint density at radius 3 is 2.70 bits per heavy atom. The van der Waals surface area contributed by atoms with E-state index in [-0.39, 0.29) is 0 Å². The van der Waals surface area contributed by atoms with Crippen LogP contribution in [-0.2, 0) is 6.54 Å².